The fraction of sp³-hybridized carbons (Fsp3) is 0.207. The third-order valence-corrected chi connectivity index (χ3v) is 6.01. The van der Waals surface area contributed by atoms with Crippen LogP contribution >= 0.6 is 0 Å². The van der Waals surface area contributed by atoms with Crippen molar-refractivity contribution in [2.75, 3.05) is 0 Å². The van der Waals surface area contributed by atoms with Gasteiger partial charge in [-0.1, -0.05) is 38.0 Å². The molecule has 0 fully saturated rings. The van der Waals surface area contributed by atoms with Gasteiger partial charge in [0.2, 0.25) is 5.82 Å². The number of rotatable bonds is 9. The number of carbonyl (C=O) groups excluding carboxylic acids is 1. The molecular weight excluding hydrogens is 529 g/mol. The second-order valence-corrected chi connectivity index (χ2v) is 8.77. The first-order valence-electron chi connectivity index (χ1n) is 12.0. The van der Waals surface area contributed by atoms with Crippen LogP contribution < -0.4 is 9.47 Å². The number of carbonyl (C=O) groups is 1. The van der Waals surface area contributed by atoms with Gasteiger partial charge in [0.15, 0.2) is 23.2 Å². The predicted molar refractivity (Wildman–Crippen MR) is 129 cm³/mol. The summed E-state index contributed by atoms with van der Waals surface area (Å²) in [4.78, 5) is 12.4. The van der Waals surface area contributed by atoms with E-state index in [2.05, 4.69) is 4.74 Å². The molecule has 0 aliphatic heterocycles. The molecule has 0 N–H and O–H groups in total. The van der Waals surface area contributed by atoms with Gasteiger partial charge in [0.25, 0.3) is 0 Å². The number of unbranched alkanes of at least 4 members (excludes halogenated alkanes) is 2. The van der Waals surface area contributed by atoms with Crippen LogP contribution in [0.3, 0.4) is 0 Å². The molecule has 204 valence electrons. The Labute approximate surface area is 218 Å². The lowest BCUT2D eigenvalue weighted by Gasteiger charge is -2.19. The summed E-state index contributed by atoms with van der Waals surface area (Å²) in [5.74, 6) is -10.9. The van der Waals surface area contributed by atoms with Crippen molar-refractivity contribution >= 4 is 16.7 Å². The van der Waals surface area contributed by atoms with Crippen molar-refractivity contribution in [2.45, 2.75) is 38.7 Å². The SMILES string of the molecule is CCCCCc1ccc(C(F)(F)Oc2ccc(C(=O)Oc3cc(F)c4c(F)c(F)ccc4c3)c(F)c2F)cc1. The highest BCUT2D eigenvalue weighted by Gasteiger charge is 2.36. The first kappa shape index (κ1) is 27.9. The highest BCUT2D eigenvalue weighted by molar-refractivity contribution is 5.92. The van der Waals surface area contributed by atoms with E-state index in [0.29, 0.717) is 24.6 Å². The average molecular weight is 550 g/mol. The van der Waals surface area contributed by atoms with Crippen LogP contribution in [0, 0.1) is 29.1 Å². The maximum atomic E-state index is 14.7. The second kappa shape index (κ2) is 11.3. The molecule has 0 heterocycles. The number of esters is 1. The number of hydrogen-bond acceptors (Lipinski definition) is 3. The van der Waals surface area contributed by atoms with Gasteiger partial charge in [-0.2, -0.15) is 13.2 Å². The summed E-state index contributed by atoms with van der Waals surface area (Å²) in [6, 6.07) is 9.85. The zero-order valence-corrected chi connectivity index (χ0v) is 20.5. The summed E-state index contributed by atoms with van der Waals surface area (Å²) in [5.41, 5.74) is -0.739. The minimum atomic E-state index is -4.02. The largest absolute Gasteiger partial charge is 0.426 e. The Morgan fingerprint density at radius 1 is 0.795 bits per heavy atom. The van der Waals surface area contributed by atoms with Crippen LogP contribution in [0.2, 0.25) is 0 Å². The van der Waals surface area contributed by atoms with Crippen LogP contribution in [0.15, 0.2) is 60.7 Å². The van der Waals surface area contributed by atoms with Crippen LogP contribution in [0.1, 0.15) is 47.7 Å². The Hall–Kier alpha value is -4.08. The van der Waals surface area contributed by atoms with E-state index in [1.807, 2.05) is 6.92 Å². The van der Waals surface area contributed by atoms with Gasteiger partial charge in [-0.25, -0.2) is 22.4 Å². The van der Waals surface area contributed by atoms with Gasteiger partial charge in [-0.05, 0) is 60.2 Å². The number of aryl methyl sites for hydroxylation is 1. The van der Waals surface area contributed by atoms with Gasteiger partial charge >= 0.3 is 12.1 Å². The Balaban J connectivity index is 1.51. The van der Waals surface area contributed by atoms with Crippen molar-refractivity contribution in [1.29, 1.82) is 0 Å². The summed E-state index contributed by atoms with van der Waals surface area (Å²) in [6.45, 7) is 2.04. The summed E-state index contributed by atoms with van der Waals surface area (Å²) in [5, 5.41) is -0.857. The van der Waals surface area contributed by atoms with E-state index < -0.39 is 69.2 Å². The van der Waals surface area contributed by atoms with E-state index in [1.54, 1.807) is 0 Å². The van der Waals surface area contributed by atoms with Gasteiger partial charge in [0, 0.05) is 6.07 Å². The van der Waals surface area contributed by atoms with Crippen LogP contribution in [-0.2, 0) is 12.5 Å². The van der Waals surface area contributed by atoms with Gasteiger partial charge in [0.1, 0.15) is 11.6 Å². The summed E-state index contributed by atoms with van der Waals surface area (Å²) in [6.07, 6.45) is -0.409. The Kier molecular flexibility index (Phi) is 8.13. The molecule has 0 aromatic heterocycles. The fourth-order valence-corrected chi connectivity index (χ4v) is 3.95. The highest BCUT2D eigenvalue weighted by atomic mass is 19.3. The zero-order chi connectivity index (χ0) is 28.3. The molecule has 0 saturated heterocycles. The molecule has 4 aromatic rings. The molecule has 0 radical (unpaired) electrons. The average Bonchev–Trinajstić information content (AvgIpc) is 2.89. The third kappa shape index (κ3) is 6.00. The number of hydrogen-bond donors (Lipinski definition) is 0. The molecule has 0 bridgehead atoms. The molecule has 0 amide bonds. The van der Waals surface area contributed by atoms with E-state index in [9.17, 15) is 35.5 Å². The molecule has 0 aliphatic carbocycles. The monoisotopic (exact) mass is 550 g/mol. The molecule has 0 aliphatic rings. The zero-order valence-electron chi connectivity index (χ0n) is 20.5. The Morgan fingerprint density at radius 3 is 2.21 bits per heavy atom. The van der Waals surface area contributed by atoms with Gasteiger partial charge in [-0.15, -0.1) is 0 Å². The molecular formula is C29H21F7O3. The molecule has 0 atom stereocenters. The molecule has 39 heavy (non-hydrogen) atoms. The number of alkyl halides is 2. The maximum Gasteiger partial charge on any atom is 0.426 e. The lowest BCUT2D eigenvalue weighted by molar-refractivity contribution is -0.187. The lowest BCUT2D eigenvalue weighted by Crippen LogP contribution is -2.23. The molecule has 0 unspecified atom stereocenters. The van der Waals surface area contributed by atoms with Gasteiger partial charge in [0.05, 0.1) is 16.5 Å². The molecule has 4 rings (SSSR count). The van der Waals surface area contributed by atoms with Gasteiger partial charge < -0.3 is 9.47 Å². The van der Waals surface area contributed by atoms with Crippen molar-refractivity contribution in [1.82, 2.24) is 0 Å². The summed E-state index contributed by atoms with van der Waals surface area (Å²) >= 11 is 0. The van der Waals surface area contributed by atoms with Crippen molar-refractivity contribution in [2.24, 2.45) is 0 Å². The van der Waals surface area contributed by atoms with Crippen LogP contribution in [-0.4, -0.2) is 5.97 Å². The third-order valence-electron chi connectivity index (χ3n) is 6.01. The van der Waals surface area contributed by atoms with Crippen LogP contribution in [0.4, 0.5) is 30.7 Å². The van der Waals surface area contributed by atoms with E-state index in [1.165, 1.54) is 12.1 Å². The smallest absolute Gasteiger partial charge is 0.426 e. The van der Waals surface area contributed by atoms with Gasteiger partial charge in [-0.3, -0.25) is 0 Å². The van der Waals surface area contributed by atoms with Crippen molar-refractivity contribution in [3.63, 3.8) is 0 Å². The van der Waals surface area contributed by atoms with E-state index in [0.717, 1.165) is 55.2 Å². The Morgan fingerprint density at radius 2 is 1.51 bits per heavy atom. The minimum Gasteiger partial charge on any atom is -0.426 e. The quantitative estimate of drug-likeness (QED) is 0.0906. The number of benzene rings is 4. The van der Waals surface area contributed by atoms with Crippen molar-refractivity contribution in [3.8, 4) is 11.5 Å². The normalized spacial score (nSPS) is 11.6. The highest BCUT2D eigenvalue weighted by Crippen LogP contribution is 2.35. The molecule has 0 spiro atoms. The molecule has 3 nitrogen and oxygen atoms in total. The summed E-state index contributed by atoms with van der Waals surface area (Å²) < 4.78 is 109. The number of ether oxygens (including phenoxy) is 2. The standard InChI is InChI=1S/C29H21F7O3/c1-2-3-4-5-16-6-9-18(10-7-16)29(35,36)39-23-13-11-20(25(32)27(23)34)28(37)38-19-14-17-8-12-21(30)26(33)24(17)22(31)15-19/h6-15H,2-5H2,1H3. The minimum absolute atomic E-state index is 0.164. The van der Waals surface area contributed by atoms with Crippen molar-refractivity contribution in [3.05, 3.63) is 106 Å². The first-order chi connectivity index (χ1) is 18.5. The van der Waals surface area contributed by atoms with E-state index in [-0.39, 0.29) is 5.39 Å². The van der Waals surface area contributed by atoms with Crippen LogP contribution in [0.5, 0.6) is 11.5 Å². The lowest BCUT2D eigenvalue weighted by atomic mass is 10.1. The fourth-order valence-electron chi connectivity index (χ4n) is 3.95. The Bertz CT molecular complexity index is 1520. The second-order valence-electron chi connectivity index (χ2n) is 8.77. The van der Waals surface area contributed by atoms with Crippen molar-refractivity contribution < 1.29 is 45.0 Å². The molecule has 0 saturated carbocycles. The van der Waals surface area contributed by atoms with E-state index >= 15 is 0 Å². The topological polar surface area (TPSA) is 35.5 Å². The molecule has 10 heteroatoms. The number of halogens is 7. The van der Waals surface area contributed by atoms with E-state index in [4.69, 9.17) is 4.74 Å². The van der Waals surface area contributed by atoms with Crippen LogP contribution in [0.25, 0.3) is 10.8 Å². The number of fused-ring (bicyclic) bond motifs is 1. The molecule has 4 aromatic carbocycles. The first-order valence-corrected chi connectivity index (χ1v) is 12.0. The summed E-state index contributed by atoms with van der Waals surface area (Å²) in [7, 11) is 0. The maximum absolute atomic E-state index is 14.7. The predicted octanol–water partition coefficient (Wildman–Crippen LogP) is 8.62.